The van der Waals surface area contributed by atoms with Crippen molar-refractivity contribution in [2.45, 2.75) is 45.3 Å². The third kappa shape index (κ3) is 4.08. The molecule has 2 N–H and O–H groups in total. The SMILES string of the molecule is CC(C)C(O)CNC(=O)C1CCCCN1C(=O)c1cccs1. The van der Waals surface area contributed by atoms with Crippen LogP contribution in [0.5, 0.6) is 0 Å². The summed E-state index contributed by atoms with van der Waals surface area (Å²) in [6.07, 6.45) is 1.99. The number of nitrogens with one attached hydrogen (secondary N) is 1. The molecule has 2 unspecified atom stereocenters. The summed E-state index contributed by atoms with van der Waals surface area (Å²) < 4.78 is 0. The molecule has 1 saturated heterocycles. The standard InChI is InChI=1S/C16H24N2O3S/c1-11(2)13(19)10-17-15(20)12-6-3-4-8-18(12)16(21)14-7-5-9-22-14/h5,7,9,11-13,19H,3-4,6,8,10H2,1-2H3,(H,17,20). The number of amides is 2. The molecule has 0 aromatic carbocycles. The maximum atomic E-state index is 12.5. The highest BCUT2D eigenvalue weighted by atomic mass is 32.1. The van der Waals surface area contributed by atoms with E-state index in [0.29, 0.717) is 17.8 Å². The van der Waals surface area contributed by atoms with Gasteiger partial charge in [0.15, 0.2) is 0 Å². The van der Waals surface area contributed by atoms with Gasteiger partial charge in [0.2, 0.25) is 5.91 Å². The Labute approximate surface area is 135 Å². The third-order valence-electron chi connectivity index (χ3n) is 4.05. The molecule has 1 aliphatic heterocycles. The molecule has 0 aliphatic carbocycles. The highest BCUT2D eigenvalue weighted by molar-refractivity contribution is 7.12. The van der Waals surface area contributed by atoms with E-state index in [2.05, 4.69) is 5.32 Å². The van der Waals surface area contributed by atoms with Crippen LogP contribution in [0.3, 0.4) is 0 Å². The molecule has 0 saturated carbocycles. The summed E-state index contributed by atoms with van der Waals surface area (Å²) in [7, 11) is 0. The van der Waals surface area contributed by atoms with Gasteiger partial charge in [-0.3, -0.25) is 9.59 Å². The van der Waals surface area contributed by atoms with Crippen molar-refractivity contribution < 1.29 is 14.7 Å². The Morgan fingerprint density at radius 1 is 1.45 bits per heavy atom. The molecule has 2 heterocycles. The van der Waals surface area contributed by atoms with E-state index in [4.69, 9.17) is 0 Å². The van der Waals surface area contributed by atoms with Crippen molar-refractivity contribution in [2.75, 3.05) is 13.1 Å². The molecule has 6 heteroatoms. The molecular formula is C16H24N2O3S. The second-order valence-electron chi connectivity index (χ2n) is 6.04. The zero-order valence-electron chi connectivity index (χ0n) is 13.1. The Balaban J connectivity index is 2.00. The summed E-state index contributed by atoms with van der Waals surface area (Å²) in [4.78, 5) is 27.3. The van der Waals surface area contributed by atoms with E-state index in [1.54, 1.807) is 11.0 Å². The van der Waals surface area contributed by atoms with E-state index in [0.717, 1.165) is 12.8 Å². The molecule has 22 heavy (non-hydrogen) atoms. The van der Waals surface area contributed by atoms with Crippen LogP contribution in [0.2, 0.25) is 0 Å². The second kappa shape index (κ2) is 7.74. The fourth-order valence-electron chi connectivity index (χ4n) is 2.55. The Morgan fingerprint density at radius 2 is 2.23 bits per heavy atom. The summed E-state index contributed by atoms with van der Waals surface area (Å²) in [5, 5.41) is 14.5. The maximum Gasteiger partial charge on any atom is 0.264 e. The third-order valence-corrected chi connectivity index (χ3v) is 4.91. The van der Waals surface area contributed by atoms with Gasteiger partial charge >= 0.3 is 0 Å². The van der Waals surface area contributed by atoms with Gasteiger partial charge in [0.05, 0.1) is 11.0 Å². The molecule has 122 valence electrons. The first-order valence-electron chi connectivity index (χ1n) is 7.81. The summed E-state index contributed by atoms with van der Waals surface area (Å²) in [6, 6.07) is 3.21. The number of rotatable bonds is 5. The van der Waals surface area contributed by atoms with Crippen LogP contribution in [0.15, 0.2) is 17.5 Å². The Kier molecular flexibility index (Phi) is 5.97. The lowest BCUT2D eigenvalue weighted by Gasteiger charge is -2.34. The predicted molar refractivity (Wildman–Crippen MR) is 86.8 cm³/mol. The fraction of sp³-hybridized carbons (Fsp3) is 0.625. The molecule has 1 fully saturated rings. The molecule has 2 amide bonds. The van der Waals surface area contributed by atoms with Crippen LogP contribution >= 0.6 is 11.3 Å². The van der Waals surface area contributed by atoms with Crippen molar-refractivity contribution in [3.8, 4) is 0 Å². The summed E-state index contributed by atoms with van der Waals surface area (Å²) in [5.41, 5.74) is 0. The first kappa shape index (κ1) is 17.0. The topological polar surface area (TPSA) is 69.6 Å². The van der Waals surface area contributed by atoms with Gasteiger partial charge in [-0.1, -0.05) is 19.9 Å². The number of likely N-dealkylation sites (tertiary alicyclic amines) is 1. The lowest BCUT2D eigenvalue weighted by Crippen LogP contribution is -2.53. The van der Waals surface area contributed by atoms with E-state index >= 15 is 0 Å². The molecule has 0 radical (unpaired) electrons. The minimum atomic E-state index is -0.561. The number of carbonyl (C=O) groups is 2. The monoisotopic (exact) mass is 324 g/mol. The van der Waals surface area contributed by atoms with Crippen molar-refractivity contribution in [2.24, 2.45) is 5.92 Å². The molecule has 1 aromatic rings. The number of nitrogens with zero attached hydrogens (tertiary/aromatic N) is 1. The Hall–Kier alpha value is -1.40. The molecule has 2 rings (SSSR count). The number of hydrogen-bond acceptors (Lipinski definition) is 4. The van der Waals surface area contributed by atoms with E-state index < -0.39 is 12.1 Å². The van der Waals surface area contributed by atoms with Crippen LogP contribution in [-0.4, -0.2) is 47.1 Å². The van der Waals surface area contributed by atoms with E-state index in [1.165, 1.54) is 11.3 Å². The minimum absolute atomic E-state index is 0.0701. The largest absolute Gasteiger partial charge is 0.391 e. The van der Waals surface area contributed by atoms with E-state index in [1.807, 2.05) is 25.3 Å². The van der Waals surface area contributed by atoms with Crippen LogP contribution < -0.4 is 5.32 Å². The van der Waals surface area contributed by atoms with Crippen molar-refractivity contribution in [3.05, 3.63) is 22.4 Å². The van der Waals surface area contributed by atoms with E-state index in [9.17, 15) is 14.7 Å². The van der Waals surface area contributed by atoms with Crippen molar-refractivity contribution in [1.29, 1.82) is 0 Å². The van der Waals surface area contributed by atoms with Crippen LogP contribution in [-0.2, 0) is 4.79 Å². The van der Waals surface area contributed by atoms with Crippen LogP contribution in [0.1, 0.15) is 42.8 Å². The number of aliphatic hydroxyl groups excluding tert-OH is 1. The van der Waals surface area contributed by atoms with Gasteiger partial charge in [-0.15, -0.1) is 11.3 Å². The quantitative estimate of drug-likeness (QED) is 0.869. The van der Waals surface area contributed by atoms with Crippen molar-refractivity contribution >= 4 is 23.2 Å². The minimum Gasteiger partial charge on any atom is -0.391 e. The number of piperidine rings is 1. The zero-order chi connectivity index (χ0) is 16.1. The number of carbonyl (C=O) groups excluding carboxylic acids is 2. The Morgan fingerprint density at radius 3 is 2.86 bits per heavy atom. The molecular weight excluding hydrogens is 300 g/mol. The number of thiophene rings is 1. The van der Waals surface area contributed by atoms with Crippen LogP contribution in [0.4, 0.5) is 0 Å². The van der Waals surface area contributed by atoms with Gasteiger partial charge < -0.3 is 15.3 Å². The van der Waals surface area contributed by atoms with Crippen molar-refractivity contribution in [1.82, 2.24) is 10.2 Å². The molecule has 1 aliphatic rings. The Bertz CT molecular complexity index is 501. The second-order valence-corrected chi connectivity index (χ2v) is 6.99. The van der Waals surface area contributed by atoms with Crippen molar-refractivity contribution in [3.63, 3.8) is 0 Å². The smallest absolute Gasteiger partial charge is 0.264 e. The zero-order valence-corrected chi connectivity index (χ0v) is 13.9. The molecule has 0 spiro atoms. The summed E-state index contributed by atoms with van der Waals surface area (Å²) in [6.45, 7) is 4.66. The summed E-state index contributed by atoms with van der Waals surface area (Å²) >= 11 is 1.40. The van der Waals surface area contributed by atoms with Gasteiger partial charge in [-0.25, -0.2) is 0 Å². The van der Waals surface area contributed by atoms with Crippen LogP contribution in [0.25, 0.3) is 0 Å². The molecule has 1 aromatic heterocycles. The first-order valence-corrected chi connectivity index (χ1v) is 8.69. The summed E-state index contributed by atoms with van der Waals surface area (Å²) in [5.74, 6) is -0.140. The van der Waals surface area contributed by atoms with Gasteiger partial charge in [-0.2, -0.15) is 0 Å². The highest BCUT2D eigenvalue weighted by Crippen LogP contribution is 2.22. The fourth-order valence-corrected chi connectivity index (χ4v) is 3.23. The average Bonchev–Trinajstić information content (AvgIpc) is 3.05. The van der Waals surface area contributed by atoms with Crippen LogP contribution in [0, 0.1) is 5.92 Å². The average molecular weight is 324 g/mol. The maximum absolute atomic E-state index is 12.5. The highest BCUT2D eigenvalue weighted by Gasteiger charge is 2.33. The van der Waals surface area contributed by atoms with Gasteiger partial charge in [0.1, 0.15) is 6.04 Å². The first-order chi connectivity index (χ1) is 10.5. The van der Waals surface area contributed by atoms with Gasteiger partial charge in [0, 0.05) is 13.1 Å². The predicted octanol–water partition coefficient (Wildman–Crippen LogP) is 1.88. The van der Waals surface area contributed by atoms with Gasteiger partial charge in [0.25, 0.3) is 5.91 Å². The number of hydrogen-bond donors (Lipinski definition) is 2. The lowest BCUT2D eigenvalue weighted by atomic mass is 10.0. The molecule has 0 bridgehead atoms. The van der Waals surface area contributed by atoms with Gasteiger partial charge in [-0.05, 0) is 36.6 Å². The van der Waals surface area contributed by atoms with E-state index in [-0.39, 0.29) is 24.3 Å². The number of aliphatic hydroxyl groups is 1. The normalized spacial score (nSPS) is 20.0. The molecule has 2 atom stereocenters. The molecule has 5 nitrogen and oxygen atoms in total. The lowest BCUT2D eigenvalue weighted by molar-refractivity contribution is -0.127.